The summed E-state index contributed by atoms with van der Waals surface area (Å²) in [7, 11) is 0. The van der Waals surface area contributed by atoms with Crippen molar-refractivity contribution < 1.29 is 23.5 Å². The van der Waals surface area contributed by atoms with Crippen molar-refractivity contribution in [1.29, 1.82) is 0 Å². The second-order valence-corrected chi connectivity index (χ2v) is 9.22. The molecule has 2 amide bonds. The van der Waals surface area contributed by atoms with Gasteiger partial charge < -0.3 is 19.3 Å². The minimum atomic E-state index is -0.774. The summed E-state index contributed by atoms with van der Waals surface area (Å²) < 4.78 is 24.8. The molecule has 6 nitrogen and oxygen atoms in total. The molecule has 0 unspecified atom stereocenters. The highest BCUT2D eigenvalue weighted by Crippen LogP contribution is 2.36. The lowest BCUT2D eigenvalue weighted by Gasteiger charge is -2.41. The van der Waals surface area contributed by atoms with Crippen molar-refractivity contribution in [3.8, 4) is 0 Å². The largest absolute Gasteiger partial charge is 0.444 e. The van der Waals surface area contributed by atoms with Gasteiger partial charge in [0.25, 0.3) is 5.91 Å². The van der Waals surface area contributed by atoms with E-state index in [1.165, 1.54) is 22.6 Å². The highest BCUT2D eigenvalue weighted by atomic mass is 19.1. The van der Waals surface area contributed by atoms with Crippen molar-refractivity contribution in [2.24, 2.45) is 0 Å². The molecule has 2 aliphatic rings. The fourth-order valence-electron chi connectivity index (χ4n) is 4.28. The van der Waals surface area contributed by atoms with Crippen molar-refractivity contribution in [1.82, 2.24) is 9.80 Å². The fourth-order valence-corrected chi connectivity index (χ4v) is 4.28. The number of amides is 2. The third-order valence-corrected chi connectivity index (χ3v) is 5.75. The molecule has 2 aliphatic heterocycles. The SMILES string of the molecule is CC(C)(C)OC(=O)N1CCO[C@@H](C(=O)N2CCc3ccccc3[C@@H]2c2ccc(F)cc2)C1. The van der Waals surface area contributed by atoms with Crippen LogP contribution in [0.4, 0.5) is 9.18 Å². The van der Waals surface area contributed by atoms with Gasteiger partial charge in [-0.1, -0.05) is 36.4 Å². The van der Waals surface area contributed by atoms with Gasteiger partial charge >= 0.3 is 6.09 Å². The lowest BCUT2D eigenvalue weighted by Crippen LogP contribution is -2.54. The molecule has 2 atom stereocenters. The van der Waals surface area contributed by atoms with E-state index in [-0.39, 0.29) is 30.9 Å². The zero-order valence-electron chi connectivity index (χ0n) is 18.7. The molecule has 2 aromatic rings. The summed E-state index contributed by atoms with van der Waals surface area (Å²) in [5.74, 6) is -0.499. The van der Waals surface area contributed by atoms with Gasteiger partial charge in [0.2, 0.25) is 0 Å². The van der Waals surface area contributed by atoms with Gasteiger partial charge in [0.15, 0.2) is 6.10 Å². The van der Waals surface area contributed by atoms with E-state index in [9.17, 15) is 14.0 Å². The van der Waals surface area contributed by atoms with E-state index in [1.54, 1.807) is 17.0 Å². The van der Waals surface area contributed by atoms with Gasteiger partial charge in [-0.05, 0) is 56.0 Å². The summed E-state index contributed by atoms with van der Waals surface area (Å²) in [5.41, 5.74) is 2.43. The van der Waals surface area contributed by atoms with E-state index in [1.807, 2.05) is 39.0 Å². The molecule has 170 valence electrons. The maximum Gasteiger partial charge on any atom is 0.410 e. The molecule has 32 heavy (non-hydrogen) atoms. The first-order valence-electron chi connectivity index (χ1n) is 11.0. The zero-order chi connectivity index (χ0) is 22.9. The molecule has 0 N–H and O–H groups in total. The molecule has 0 saturated carbocycles. The normalized spacial score (nSPS) is 21.1. The van der Waals surface area contributed by atoms with Gasteiger partial charge in [-0.15, -0.1) is 0 Å². The number of hydrogen-bond acceptors (Lipinski definition) is 4. The molecule has 2 aromatic carbocycles. The molecule has 0 aliphatic carbocycles. The summed E-state index contributed by atoms with van der Waals surface area (Å²) in [5, 5.41) is 0. The molecule has 1 fully saturated rings. The first-order valence-corrected chi connectivity index (χ1v) is 11.0. The number of ether oxygens (including phenoxy) is 2. The quantitative estimate of drug-likeness (QED) is 0.710. The Bertz CT molecular complexity index is 986. The Morgan fingerprint density at radius 3 is 2.50 bits per heavy atom. The average Bonchev–Trinajstić information content (AvgIpc) is 2.77. The summed E-state index contributed by atoms with van der Waals surface area (Å²) >= 11 is 0. The van der Waals surface area contributed by atoms with Crippen LogP contribution in [0.25, 0.3) is 0 Å². The lowest BCUT2D eigenvalue weighted by atomic mass is 9.88. The number of carbonyl (C=O) groups is 2. The molecule has 0 radical (unpaired) electrons. The van der Waals surface area contributed by atoms with E-state index in [0.717, 1.165) is 17.5 Å². The van der Waals surface area contributed by atoms with E-state index in [0.29, 0.717) is 13.1 Å². The highest BCUT2D eigenvalue weighted by molar-refractivity contribution is 5.83. The van der Waals surface area contributed by atoms with Crippen LogP contribution in [0.15, 0.2) is 48.5 Å². The van der Waals surface area contributed by atoms with E-state index < -0.39 is 17.8 Å². The van der Waals surface area contributed by atoms with Crippen LogP contribution >= 0.6 is 0 Å². The smallest absolute Gasteiger partial charge is 0.410 e. The fraction of sp³-hybridized carbons (Fsp3) is 0.440. The van der Waals surface area contributed by atoms with Crippen LogP contribution in [0.2, 0.25) is 0 Å². The molecule has 0 spiro atoms. The van der Waals surface area contributed by atoms with Gasteiger partial charge in [-0.3, -0.25) is 4.79 Å². The molecular formula is C25H29FN2O4. The molecule has 2 heterocycles. The van der Waals surface area contributed by atoms with Gasteiger partial charge in [-0.2, -0.15) is 0 Å². The number of rotatable bonds is 2. The molecule has 0 aromatic heterocycles. The second kappa shape index (κ2) is 8.90. The van der Waals surface area contributed by atoms with Crippen LogP contribution in [0.1, 0.15) is 43.5 Å². The standard InChI is InChI=1S/C25H29FN2O4/c1-25(2,3)32-24(30)27-14-15-31-21(16-27)23(29)28-13-12-17-6-4-5-7-20(17)22(28)18-8-10-19(26)11-9-18/h4-11,21-22H,12-16H2,1-3H3/t21-,22+/m1/s1. The lowest BCUT2D eigenvalue weighted by molar-refractivity contribution is -0.151. The van der Waals surface area contributed by atoms with Crippen LogP contribution in [-0.4, -0.2) is 59.7 Å². The van der Waals surface area contributed by atoms with Crippen LogP contribution in [0.5, 0.6) is 0 Å². The predicted molar refractivity (Wildman–Crippen MR) is 118 cm³/mol. The Kier molecular flexibility index (Phi) is 6.20. The van der Waals surface area contributed by atoms with Gasteiger partial charge in [0, 0.05) is 13.1 Å². The highest BCUT2D eigenvalue weighted by Gasteiger charge is 2.39. The van der Waals surface area contributed by atoms with Crippen molar-refractivity contribution in [3.05, 3.63) is 71.0 Å². The average molecular weight is 441 g/mol. The maximum atomic E-state index is 13.6. The van der Waals surface area contributed by atoms with Crippen molar-refractivity contribution in [3.63, 3.8) is 0 Å². The number of benzene rings is 2. The monoisotopic (exact) mass is 440 g/mol. The topological polar surface area (TPSA) is 59.1 Å². The number of fused-ring (bicyclic) bond motifs is 1. The third kappa shape index (κ3) is 4.78. The van der Waals surface area contributed by atoms with Crippen LogP contribution in [-0.2, 0) is 20.7 Å². The van der Waals surface area contributed by atoms with Crippen molar-refractivity contribution >= 4 is 12.0 Å². The molecule has 0 bridgehead atoms. The minimum absolute atomic E-state index is 0.141. The summed E-state index contributed by atoms with van der Waals surface area (Å²) in [4.78, 5) is 29.5. The van der Waals surface area contributed by atoms with E-state index >= 15 is 0 Å². The van der Waals surface area contributed by atoms with Crippen LogP contribution < -0.4 is 0 Å². The van der Waals surface area contributed by atoms with Gasteiger partial charge in [0.05, 0.1) is 19.2 Å². The third-order valence-electron chi connectivity index (χ3n) is 5.75. The Labute approximate surface area is 187 Å². The molecular weight excluding hydrogens is 411 g/mol. The Hall–Kier alpha value is -2.93. The summed E-state index contributed by atoms with van der Waals surface area (Å²) in [6.45, 7) is 6.74. The zero-order valence-corrected chi connectivity index (χ0v) is 18.7. The molecule has 1 saturated heterocycles. The van der Waals surface area contributed by atoms with E-state index in [2.05, 4.69) is 6.07 Å². The summed E-state index contributed by atoms with van der Waals surface area (Å²) in [6.07, 6.45) is -0.496. The van der Waals surface area contributed by atoms with Crippen molar-refractivity contribution in [2.75, 3.05) is 26.2 Å². The minimum Gasteiger partial charge on any atom is -0.444 e. The number of morpholine rings is 1. The van der Waals surface area contributed by atoms with Gasteiger partial charge in [-0.25, -0.2) is 9.18 Å². The number of halogens is 1. The predicted octanol–water partition coefficient (Wildman–Crippen LogP) is 3.94. The second-order valence-electron chi connectivity index (χ2n) is 9.22. The van der Waals surface area contributed by atoms with Crippen LogP contribution in [0.3, 0.4) is 0 Å². The van der Waals surface area contributed by atoms with E-state index in [4.69, 9.17) is 9.47 Å². The Morgan fingerprint density at radius 2 is 1.78 bits per heavy atom. The first-order chi connectivity index (χ1) is 15.2. The number of carbonyl (C=O) groups excluding carboxylic acids is 2. The Morgan fingerprint density at radius 1 is 1.06 bits per heavy atom. The summed E-state index contributed by atoms with van der Waals surface area (Å²) in [6, 6.07) is 13.9. The van der Waals surface area contributed by atoms with Crippen LogP contribution in [0, 0.1) is 5.82 Å². The molecule has 4 rings (SSSR count). The Balaban J connectivity index is 1.59. The number of nitrogens with zero attached hydrogens (tertiary/aromatic N) is 2. The molecule has 7 heteroatoms. The number of hydrogen-bond donors (Lipinski definition) is 0. The van der Waals surface area contributed by atoms with Gasteiger partial charge in [0.1, 0.15) is 11.4 Å². The van der Waals surface area contributed by atoms with Crippen molar-refractivity contribution in [2.45, 2.75) is 44.9 Å². The maximum absolute atomic E-state index is 13.6. The first kappa shape index (κ1) is 22.3.